The van der Waals surface area contributed by atoms with Gasteiger partial charge in [0.1, 0.15) is 6.10 Å². The molecule has 1 aromatic carbocycles. The van der Waals surface area contributed by atoms with Gasteiger partial charge in [0.05, 0.1) is 5.60 Å². The maximum Gasteiger partial charge on any atom is 0.303 e. The van der Waals surface area contributed by atoms with Crippen LogP contribution in [0.15, 0.2) is 42.0 Å². The van der Waals surface area contributed by atoms with Crippen molar-refractivity contribution in [2.75, 3.05) is 19.6 Å². The lowest BCUT2D eigenvalue weighted by atomic mass is 9.57. The number of rotatable bonds is 6. The lowest BCUT2D eigenvalue weighted by Crippen LogP contribution is -2.56. The van der Waals surface area contributed by atoms with Gasteiger partial charge in [0.25, 0.3) is 0 Å². The minimum Gasteiger partial charge on any atom is -0.458 e. The van der Waals surface area contributed by atoms with Crippen molar-refractivity contribution in [3.63, 3.8) is 0 Å². The summed E-state index contributed by atoms with van der Waals surface area (Å²) in [6, 6.07) is 10.9. The Bertz CT molecular complexity index is 829. The fourth-order valence-electron chi connectivity index (χ4n) is 6.86. The first-order valence-electron chi connectivity index (χ1n) is 13.1. The Kier molecular flexibility index (Phi) is 7.65. The van der Waals surface area contributed by atoms with Gasteiger partial charge in [0.15, 0.2) is 0 Å². The van der Waals surface area contributed by atoms with Gasteiger partial charge in [-0.05, 0) is 86.9 Å². The molecule has 1 heterocycles. The summed E-state index contributed by atoms with van der Waals surface area (Å²) in [6.45, 7) is 11.6. The van der Waals surface area contributed by atoms with E-state index in [1.165, 1.54) is 51.3 Å². The molecule has 182 valence electrons. The Balaban J connectivity index is 1.37. The maximum atomic E-state index is 11.8. The molecular weight excluding hydrogens is 410 g/mol. The van der Waals surface area contributed by atoms with Crippen molar-refractivity contribution in [1.82, 2.24) is 4.90 Å². The second-order valence-electron chi connectivity index (χ2n) is 11.3. The molecule has 1 aromatic rings. The van der Waals surface area contributed by atoms with E-state index >= 15 is 0 Å². The normalized spacial score (nSPS) is 34.3. The summed E-state index contributed by atoms with van der Waals surface area (Å²) in [5.41, 5.74) is 1.79. The number of benzene rings is 1. The van der Waals surface area contributed by atoms with E-state index in [1.807, 2.05) is 0 Å². The Morgan fingerprint density at radius 2 is 1.88 bits per heavy atom. The van der Waals surface area contributed by atoms with E-state index in [4.69, 9.17) is 4.74 Å². The number of piperidine rings is 1. The van der Waals surface area contributed by atoms with Gasteiger partial charge >= 0.3 is 5.97 Å². The Morgan fingerprint density at radius 1 is 1.18 bits per heavy atom. The molecule has 0 radical (unpaired) electrons. The first-order chi connectivity index (χ1) is 15.8. The molecule has 0 bridgehead atoms. The van der Waals surface area contributed by atoms with E-state index in [0.717, 1.165) is 24.5 Å². The van der Waals surface area contributed by atoms with E-state index in [0.29, 0.717) is 18.3 Å². The van der Waals surface area contributed by atoms with Gasteiger partial charge < -0.3 is 14.7 Å². The van der Waals surface area contributed by atoms with Crippen LogP contribution in [0.1, 0.15) is 65.4 Å². The van der Waals surface area contributed by atoms with Crippen LogP contribution >= 0.6 is 0 Å². The molecule has 3 aliphatic rings. The van der Waals surface area contributed by atoms with Gasteiger partial charge in [0.2, 0.25) is 0 Å². The number of nitrogens with zero attached hydrogens (tertiary/aromatic N) is 1. The molecule has 6 atom stereocenters. The summed E-state index contributed by atoms with van der Waals surface area (Å²) in [4.78, 5) is 14.2. The molecule has 0 aromatic heterocycles. The monoisotopic (exact) mass is 453 g/mol. The summed E-state index contributed by atoms with van der Waals surface area (Å²) in [6.07, 6.45) is 8.47. The molecular formula is C29H43NO3. The fourth-order valence-corrected chi connectivity index (χ4v) is 6.86. The van der Waals surface area contributed by atoms with Crippen LogP contribution in [-0.4, -0.2) is 47.3 Å². The number of ether oxygens (including phenoxy) is 1. The van der Waals surface area contributed by atoms with E-state index in [9.17, 15) is 9.90 Å². The van der Waals surface area contributed by atoms with Crippen molar-refractivity contribution < 1.29 is 14.6 Å². The van der Waals surface area contributed by atoms with Gasteiger partial charge in [-0.25, -0.2) is 0 Å². The van der Waals surface area contributed by atoms with Gasteiger partial charge in [-0.1, -0.05) is 50.3 Å². The predicted molar refractivity (Wildman–Crippen MR) is 133 cm³/mol. The number of hydrogen-bond acceptors (Lipinski definition) is 4. The Hall–Kier alpha value is -1.65. The molecule has 0 spiro atoms. The second kappa shape index (κ2) is 10.3. The van der Waals surface area contributed by atoms with Crippen molar-refractivity contribution >= 4 is 5.97 Å². The summed E-state index contributed by atoms with van der Waals surface area (Å²) < 4.78 is 5.56. The number of carbonyl (C=O) groups is 1. The maximum absolute atomic E-state index is 11.8. The zero-order valence-electron chi connectivity index (χ0n) is 21.0. The third kappa shape index (κ3) is 5.54. The summed E-state index contributed by atoms with van der Waals surface area (Å²) in [5.74, 6) is 1.91. The van der Waals surface area contributed by atoms with Crippen LogP contribution in [0.25, 0.3) is 0 Å². The highest BCUT2D eigenvalue weighted by Crippen LogP contribution is 2.51. The summed E-state index contributed by atoms with van der Waals surface area (Å²) >= 11 is 0. The number of likely N-dealkylation sites (tertiary alicyclic amines) is 1. The highest BCUT2D eigenvalue weighted by Gasteiger charge is 2.52. The number of hydrogen-bond donors (Lipinski definition) is 1. The number of fused-ring (bicyclic) bond motifs is 1. The fraction of sp³-hybridized carbons (Fsp3) is 0.690. The topological polar surface area (TPSA) is 49.8 Å². The van der Waals surface area contributed by atoms with Gasteiger partial charge in [-0.2, -0.15) is 0 Å². The highest BCUT2D eigenvalue weighted by molar-refractivity contribution is 5.66. The molecule has 1 N–H and O–H groups in total. The standard InChI is InChI=1S/C29H43NO3/c1-20-16-27-26(11-10-22(3)29(27,32)18-28(20)33-23(4)31)21(2)19-30-14-12-25(13-15-30)17-24-8-6-5-7-9-24/h5-9,16,21-22,25-28,32H,10-15,17-19H2,1-4H3/t21-,22-,26+,27-,28-,29-/m1/s1. The first kappa shape index (κ1) is 24.5. The van der Waals surface area contributed by atoms with Crippen molar-refractivity contribution in [3.8, 4) is 0 Å². The van der Waals surface area contributed by atoms with E-state index in [1.54, 1.807) is 0 Å². The molecule has 33 heavy (non-hydrogen) atoms. The minimum atomic E-state index is -0.778. The predicted octanol–water partition coefficient (Wildman–Crippen LogP) is 5.25. The smallest absolute Gasteiger partial charge is 0.303 e. The average molecular weight is 454 g/mol. The number of carbonyl (C=O) groups excluding carboxylic acids is 1. The molecule has 0 amide bonds. The molecule has 4 nitrogen and oxygen atoms in total. The van der Waals surface area contributed by atoms with Gasteiger partial charge in [-0.15, -0.1) is 0 Å². The van der Waals surface area contributed by atoms with Crippen LogP contribution in [0.4, 0.5) is 0 Å². The van der Waals surface area contributed by atoms with E-state index < -0.39 is 5.60 Å². The van der Waals surface area contributed by atoms with Crippen molar-refractivity contribution in [1.29, 1.82) is 0 Å². The van der Waals surface area contributed by atoms with E-state index in [2.05, 4.69) is 62.1 Å². The zero-order chi connectivity index (χ0) is 23.6. The SMILES string of the molecule is CC(=O)O[C@@H]1C[C@@]2(O)[C@H](C)CC[C@@H]([C@H](C)CN3CCC(Cc4ccccc4)CC3)[C@H]2C=C1C. The molecule has 0 unspecified atom stereocenters. The third-order valence-electron chi connectivity index (χ3n) is 8.95. The van der Waals surface area contributed by atoms with Crippen molar-refractivity contribution in [2.45, 2.75) is 77.9 Å². The summed E-state index contributed by atoms with van der Waals surface area (Å²) in [7, 11) is 0. The lowest BCUT2D eigenvalue weighted by molar-refractivity contribution is -0.159. The average Bonchev–Trinajstić information content (AvgIpc) is 2.78. The van der Waals surface area contributed by atoms with E-state index in [-0.39, 0.29) is 23.9 Å². The second-order valence-corrected chi connectivity index (χ2v) is 11.3. The molecule has 2 aliphatic carbocycles. The number of esters is 1. The molecule has 1 saturated carbocycles. The van der Waals surface area contributed by atoms with Crippen LogP contribution in [0.3, 0.4) is 0 Å². The molecule has 1 saturated heterocycles. The lowest BCUT2D eigenvalue weighted by Gasteiger charge is -2.53. The highest BCUT2D eigenvalue weighted by atomic mass is 16.5. The van der Waals surface area contributed by atoms with Crippen LogP contribution in [-0.2, 0) is 16.0 Å². The third-order valence-corrected chi connectivity index (χ3v) is 8.95. The van der Waals surface area contributed by atoms with Crippen LogP contribution in [0, 0.1) is 29.6 Å². The first-order valence-corrected chi connectivity index (χ1v) is 13.1. The minimum absolute atomic E-state index is 0.152. The Morgan fingerprint density at radius 3 is 2.55 bits per heavy atom. The quantitative estimate of drug-likeness (QED) is 0.472. The van der Waals surface area contributed by atoms with Crippen LogP contribution in [0.5, 0.6) is 0 Å². The van der Waals surface area contributed by atoms with Crippen LogP contribution < -0.4 is 0 Å². The molecule has 1 aliphatic heterocycles. The molecule has 4 rings (SSSR count). The Labute approximate surface area is 200 Å². The zero-order valence-corrected chi connectivity index (χ0v) is 21.0. The van der Waals surface area contributed by atoms with Gasteiger partial charge in [-0.3, -0.25) is 4.79 Å². The van der Waals surface area contributed by atoms with Crippen LogP contribution in [0.2, 0.25) is 0 Å². The molecule has 4 heteroatoms. The molecule has 2 fully saturated rings. The van der Waals surface area contributed by atoms with Gasteiger partial charge in [0, 0.05) is 25.8 Å². The van der Waals surface area contributed by atoms with Crippen molar-refractivity contribution in [2.24, 2.45) is 29.6 Å². The number of aliphatic hydroxyl groups is 1. The largest absolute Gasteiger partial charge is 0.458 e. The van der Waals surface area contributed by atoms with Crippen molar-refractivity contribution in [3.05, 3.63) is 47.5 Å². The summed E-state index contributed by atoms with van der Waals surface area (Å²) in [5, 5.41) is 11.8.